The van der Waals surface area contributed by atoms with Gasteiger partial charge in [0.2, 0.25) is 5.91 Å². The Labute approximate surface area is 206 Å². The highest BCUT2D eigenvalue weighted by Gasteiger charge is 2.39. The van der Waals surface area contributed by atoms with Gasteiger partial charge in [-0.2, -0.15) is 0 Å². The standard InChI is InChI=1S/C23H34ClN5O3S/c1-16-10-17(6-7-20(16)24)11-21(30)28-14-18(12-26-22(33)25-2)29(23(31)32-3)15-19(28)13-27-8-4-5-9-27/h6-7,10,18-19H,4-5,8-9,11-15H2,1-3H3,(H2,25,26,33)/t18-,19-/m1/s1. The van der Waals surface area contributed by atoms with Gasteiger partial charge in [0, 0.05) is 38.2 Å². The molecule has 33 heavy (non-hydrogen) atoms. The number of hydrogen-bond donors (Lipinski definition) is 2. The number of nitrogens with zero attached hydrogens (tertiary/aromatic N) is 3. The van der Waals surface area contributed by atoms with Crippen LogP contribution in [0.15, 0.2) is 18.2 Å². The Balaban J connectivity index is 1.81. The number of amides is 2. The third-order valence-electron chi connectivity index (χ3n) is 6.40. The summed E-state index contributed by atoms with van der Waals surface area (Å²) < 4.78 is 5.07. The van der Waals surface area contributed by atoms with E-state index in [2.05, 4.69) is 15.5 Å². The Hall–Kier alpha value is -2.10. The number of aryl methyl sites for hydroxylation is 1. The summed E-state index contributed by atoms with van der Waals surface area (Å²) >= 11 is 11.4. The highest BCUT2D eigenvalue weighted by atomic mass is 35.5. The minimum Gasteiger partial charge on any atom is -0.453 e. The number of likely N-dealkylation sites (tertiary alicyclic amines) is 1. The second-order valence-electron chi connectivity index (χ2n) is 8.70. The largest absolute Gasteiger partial charge is 0.453 e. The number of nitrogens with one attached hydrogen (secondary N) is 2. The molecule has 0 spiro atoms. The maximum atomic E-state index is 13.5. The molecular formula is C23H34ClN5O3S. The highest BCUT2D eigenvalue weighted by molar-refractivity contribution is 7.80. The van der Waals surface area contributed by atoms with E-state index in [1.54, 1.807) is 11.9 Å². The van der Waals surface area contributed by atoms with Crippen molar-refractivity contribution in [3.63, 3.8) is 0 Å². The van der Waals surface area contributed by atoms with E-state index < -0.39 is 0 Å². The molecule has 0 saturated carbocycles. The van der Waals surface area contributed by atoms with Crippen LogP contribution >= 0.6 is 23.8 Å². The fraction of sp³-hybridized carbons (Fsp3) is 0.609. The van der Waals surface area contributed by atoms with E-state index in [0.29, 0.717) is 36.2 Å². The number of halogens is 1. The fourth-order valence-corrected chi connectivity index (χ4v) is 4.78. The fourth-order valence-electron chi connectivity index (χ4n) is 4.58. The average molecular weight is 496 g/mol. The normalized spacial score (nSPS) is 21.1. The second kappa shape index (κ2) is 11.9. The van der Waals surface area contributed by atoms with Gasteiger partial charge in [0.05, 0.1) is 25.6 Å². The summed E-state index contributed by atoms with van der Waals surface area (Å²) in [4.78, 5) is 32.2. The monoisotopic (exact) mass is 495 g/mol. The number of methoxy groups -OCH3 is 1. The number of carbonyl (C=O) groups excluding carboxylic acids is 2. The smallest absolute Gasteiger partial charge is 0.409 e. The van der Waals surface area contributed by atoms with Gasteiger partial charge < -0.3 is 25.2 Å². The predicted molar refractivity (Wildman–Crippen MR) is 134 cm³/mol. The number of benzene rings is 1. The Bertz CT molecular complexity index is 864. The molecule has 2 amide bonds. The summed E-state index contributed by atoms with van der Waals surface area (Å²) in [5, 5.41) is 7.20. The summed E-state index contributed by atoms with van der Waals surface area (Å²) in [6.07, 6.45) is 2.24. The maximum absolute atomic E-state index is 13.5. The van der Waals surface area contributed by atoms with Crippen LogP contribution in [0.5, 0.6) is 0 Å². The lowest BCUT2D eigenvalue weighted by molar-refractivity contribution is -0.137. The van der Waals surface area contributed by atoms with E-state index in [-0.39, 0.29) is 24.1 Å². The van der Waals surface area contributed by atoms with Crippen molar-refractivity contribution in [2.24, 2.45) is 0 Å². The van der Waals surface area contributed by atoms with Crippen molar-refractivity contribution in [2.45, 2.75) is 38.3 Å². The molecule has 2 aliphatic rings. The number of carbonyl (C=O) groups is 2. The van der Waals surface area contributed by atoms with E-state index in [0.717, 1.165) is 30.8 Å². The molecule has 2 saturated heterocycles. The minimum atomic E-state index is -0.385. The molecule has 0 aliphatic carbocycles. The van der Waals surface area contributed by atoms with Gasteiger partial charge in [0.15, 0.2) is 5.11 Å². The lowest BCUT2D eigenvalue weighted by Gasteiger charge is -2.46. The maximum Gasteiger partial charge on any atom is 0.409 e. The summed E-state index contributed by atoms with van der Waals surface area (Å²) in [7, 11) is 3.13. The topological polar surface area (TPSA) is 77.2 Å². The van der Waals surface area contributed by atoms with Gasteiger partial charge in [-0.05, 0) is 62.3 Å². The number of ether oxygens (including phenoxy) is 1. The molecular weight excluding hydrogens is 462 g/mol. The van der Waals surface area contributed by atoms with Crippen molar-refractivity contribution in [1.82, 2.24) is 25.3 Å². The van der Waals surface area contributed by atoms with E-state index in [1.807, 2.05) is 30.0 Å². The van der Waals surface area contributed by atoms with E-state index >= 15 is 0 Å². The number of thiocarbonyl (C=S) groups is 1. The molecule has 0 bridgehead atoms. The molecule has 3 rings (SSSR count). The van der Waals surface area contributed by atoms with Crippen LogP contribution in [0.3, 0.4) is 0 Å². The Morgan fingerprint density at radius 3 is 2.52 bits per heavy atom. The molecule has 2 fully saturated rings. The number of hydrogen-bond acceptors (Lipinski definition) is 5. The van der Waals surface area contributed by atoms with Gasteiger partial charge in [-0.1, -0.05) is 23.7 Å². The van der Waals surface area contributed by atoms with Crippen LogP contribution < -0.4 is 10.6 Å². The first-order valence-corrected chi connectivity index (χ1v) is 12.2. The van der Waals surface area contributed by atoms with Gasteiger partial charge in [0.25, 0.3) is 0 Å². The number of piperazine rings is 1. The van der Waals surface area contributed by atoms with Crippen molar-refractivity contribution in [3.8, 4) is 0 Å². The highest BCUT2D eigenvalue weighted by Crippen LogP contribution is 2.22. The van der Waals surface area contributed by atoms with Crippen LogP contribution in [0, 0.1) is 6.92 Å². The lowest BCUT2D eigenvalue weighted by atomic mass is 10.0. The van der Waals surface area contributed by atoms with Gasteiger partial charge in [-0.15, -0.1) is 0 Å². The van der Waals surface area contributed by atoms with E-state index in [9.17, 15) is 9.59 Å². The van der Waals surface area contributed by atoms with Crippen LogP contribution in [0.1, 0.15) is 24.0 Å². The molecule has 0 aromatic heterocycles. The van der Waals surface area contributed by atoms with Crippen LogP contribution in [0.2, 0.25) is 5.02 Å². The zero-order chi connectivity index (χ0) is 24.0. The minimum absolute atomic E-state index is 0.0478. The van der Waals surface area contributed by atoms with E-state index in [4.69, 9.17) is 28.6 Å². The van der Waals surface area contributed by atoms with Crippen molar-refractivity contribution >= 4 is 40.9 Å². The zero-order valence-electron chi connectivity index (χ0n) is 19.6. The van der Waals surface area contributed by atoms with Crippen LogP contribution in [-0.4, -0.2) is 97.3 Å². The quantitative estimate of drug-likeness (QED) is 0.585. The molecule has 2 N–H and O–H groups in total. The Kier molecular flexibility index (Phi) is 9.17. The van der Waals surface area contributed by atoms with Gasteiger partial charge in [-0.3, -0.25) is 9.69 Å². The first-order chi connectivity index (χ1) is 15.8. The molecule has 2 heterocycles. The molecule has 10 heteroatoms. The van der Waals surface area contributed by atoms with Crippen LogP contribution in [0.25, 0.3) is 0 Å². The van der Waals surface area contributed by atoms with Gasteiger partial charge >= 0.3 is 6.09 Å². The number of rotatable bonds is 6. The summed E-state index contributed by atoms with van der Waals surface area (Å²) in [6.45, 7) is 5.99. The summed E-state index contributed by atoms with van der Waals surface area (Å²) in [6, 6.07) is 5.34. The summed E-state index contributed by atoms with van der Waals surface area (Å²) in [5.41, 5.74) is 1.89. The Morgan fingerprint density at radius 2 is 1.88 bits per heavy atom. The molecule has 0 unspecified atom stereocenters. The van der Waals surface area contributed by atoms with Gasteiger partial charge in [0.1, 0.15) is 0 Å². The lowest BCUT2D eigenvalue weighted by Crippen LogP contribution is -2.66. The predicted octanol–water partition coefficient (Wildman–Crippen LogP) is 2.03. The molecule has 182 valence electrons. The zero-order valence-corrected chi connectivity index (χ0v) is 21.2. The first kappa shape index (κ1) is 25.5. The van der Waals surface area contributed by atoms with Gasteiger partial charge in [-0.25, -0.2) is 4.79 Å². The summed E-state index contributed by atoms with van der Waals surface area (Å²) in [5.74, 6) is 0.0478. The van der Waals surface area contributed by atoms with Crippen molar-refractivity contribution in [3.05, 3.63) is 34.3 Å². The first-order valence-electron chi connectivity index (χ1n) is 11.4. The molecule has 1 aromatic rings. The molecule has 8 nitrogen and oxygen atoms in total. The molecule has 2 aliphatic heterocycles. The van der Waals surface area contributed by atoms with Crippen molar-refractivity contribution in [1.29, 1.82) is 0 Å². The van der Waals surface area contributed by atoms with E-state index in [1.165, 1.54) is 20.0 Å². The van der Waals surface area contributed by atoms with Crippen LogP contribution in [-0.2, 0) is 16.0 Å². The second-order valence-corrected chi connectivity index (χ2v) is 9.52. The Morgan fingerprint density at radius 1 is 1.18 bits per heavy atom. The SMILES string of the molecule is CNC(=S)NC[C@@H]1CN(C(=O)Cc2ccc(Cl)c(C)c2)[C@H](CN2CCCC2)CN1C(=O)OC. The van der Waals surface area contributed by atoms with Crippen molar-refractivity contribution < 1.29 is 14.3 Å². The molecule has 1 aromatic carbocycles. The molecule has 0 radical (unpaired) electrons. The third kappa shape index (κ3) is 6.71. The van der Waals surface area contributed by atoms with Crippen LogP contribution in [0.4, 0.5) is 4.79 Å². The third-order valence-corrected chi connectivity index (χ3v) is 7.17. The van der Waals surface area contributed by atoms with Crippen molar-refractivity contribution in [2.75, 3.05) is 53.4 Å². The average Bonchev–Trinajstić information content (AvgIpc) is 3.32. The molecule has 2 atom stereocenters.